The number of hydrogen-bond acceptors (Lipinski definition) is 5. The molecule has 30 heavy (non-hydrogen) atoms. The van der Waals surface area contributed by atoms with Gasteiger partial charge in [0.25, 0.3) is 5.56 Å². The van der Waals surface area contributed by atoms with E-state index in [1.165, 1.54) is 0 Å². The number of nitrogens with zero attached hydrogens (tertiary/aromatic N) is 5. The second-order valence-corrected chi connectivity index (χ2v) is 7.34. The maximum atomic E-state index is 12.7. The standard InChI is InChI=1S/C23H24N6O/c1-3-4-9-21-24-14-16(2)23(30)29(21)15-17-10-12-18(13-11-17)19-7-5-6-8-20(19)22-25-27-28-26-22/h5-8,10-14H,3-4,9,15H2,1-2H3,(H,25,26,27,28). The highest BCUT2D eigenvalue weighted by Gasteiger charge is 2.11. The maximum Gasteiger partial charge on any atom is 0.256 e. The Morgan fingerprint density at radius 1 is 1.03 bits per heavy atom. The molecule has 2 aromatic carbocycles. The van der Waals surface area contributed by atoms with Gasteiger partial charge in [-0.15, -0.1) is 5.10 Å². The lowest BCUT2D eigenvalue weighted by atomic mass is 9.98. The van der Waals surface area contributed by atoms with Crippen LogP contribution < -0.4 is 5.56 Å². The van der Waals surface area contributed by atoms with Crippen molar-refractivity contribution < 1.29 is 0 Å². The van der Waals surface area contributed by atoms with Gasteiger partial charge in [-0.1, -0.05) is 61.9 Å². The lowest BCUT2D eigenvalue weighted by molar-refractivity contribution is 0.632. The van der Waals surface area contributed by atoms with Crippen LogP contribution in [0.1, 0.15) is 36.7 Å². The van der Waals surface area contributed by atoms with Crippen molar-refractivity contribution in [2.75, 3.05) is 0 Å². The molecule has 152 valence electrons. The molecule has 1 N–H and O–H groups in total. The van der Waals surface area contributed by atoms with Crippen LogP contribution in [0, 0.1) is 6.92 Å². The van der Waals surface area contributed by atoms with Crippen LogP contribution in [-0.4, -0.2) is 30.2 Å². The van der Waals surface area contributed by atoms with Crippen LogP contribution in [-0.2, 0) is 13.0 Å². The van der Waals surface area contributed by atoms with Gasteiger partial charge in [-0.05, 0) is 40.5 Å². The predicted octanol–water partition coefficient (Wildman–Crippen LogP) is 3.79. The average molecular weight is 400 g/mol. The summed E-state index contributed by atoms with van der Waals surface area (Å²) in [5.74, 6) is 1.48. The van der Waals surface area contributed by atoms with Gasteiger partial charge in [0.15, 0.2) is 5.82 Å². The molecule has 0 amide bonds. The lowest BCUT2D eigenvalue weighted by Gasteiger charge is -2.13. The van der Waals surface area contributed by atoms with E-state index in [0.29, 0.717) is 17.9 Å². The van der Waals surface area contributed by atoms with Gasteiger partial charge in [0.1, 0.15) is 5.82 Å². The van der Waals surface area contributed by atoms with Crippen LogP contribution in [0.25, 0.3) is 22.5 Å². The van der Waals surface area contributed by atoms with Crippen molar-refractivity contribution in [3.63, 3.8) is 0 Å². The first-order chi connectivity index (χ1) is 14.7. The van der Waals surface area contributed by atoms with E-state index in [4.69, 9.17) is 0 Å². The zero-order valence-corrected chi connectivity index (χ0v) is 17.2. The van der Waals surface area contributed by atoms with Gasteiger partial charge in [-0.25, -0.2) is 10.1 Å². The average Bonchev–Trinajstić information content (AvgIpc) is 3.32. The topological polar surface area (TPSA) is 89.3 Å². The minimum Gasteiger partial charge on any atom is -0.292 e. The molecule has 0 aliphatic heterocycles. The Morgan fingerprint density at radius 3 is 2.50 bits per heavy atom. The Bertz CT molecular complexity index is 1180. The molecule has 0 saturated heterocycles. The summed E-state index contributed by atoms with van der Waals surface area (Å²) in [6, 6.07) is 16.2. The van der Waals surface area contributed by atoms with Crippen molar-refractivity contribution in [1.82, 2.24) is 30.2 Å². The van der Waals surface area contributed by atoms with E-state index in [9.17, 15) is 4.79 Å². The third kappa shape index (κ3) is 4.05. The molecule has 0 aliphatic carbocycles. The molecule has 2 aromatic heterocycles. The Kier molecular flexibility index (Phi) is 5.79. The molecule has 0 aliphatic rings. The summed E-state index contributed by atoms with van der Waals surface area (Å²) in [6.07, 6.45) is 4.57. The molecule has 0 fully saturated rings. The summed E-state index contributed by atoms with van der Waals surface area (Å²) in [4.78, 5) is 17.2. The number of benzene rings is 2. The zero-order valence-electron chi connectivity index (χ0n) is 17.2. The second kappa shape index (κ2) is 8.82. The SMILES string of the molecule is CCCCc1ncc(C)c(=O)n1Cc1ccc(-c2ccccc2-c2nnn[nH]2)cc1. The van der Waals surface area contributed by atoms with Crippen molar-refractivity contribution in [2.45, 2.75) is 39.7 Å². The smallest absolute Gasteiger partial charge is 0.256 e. The molecular formula is C23H24N6O. The summed E-state index contributed by atoms with van der Waals surface area (Å²) in [5, 5.41) is 14.2. The number of H-pyrrole nitrogens is 1. The first kappa shape index (κ1) is 19.7. The number of unbranched alkanes of at least 4 members (excludes halogenated alkanes) is 1. The highest BCUT2D eigenvalue weighted by atomic mass is 16.1. The van der Waals surface area contributed by atoms with Gasteiger partial charge in [0.2, 0.25) is 0 Å². The fraction of sp³-hybridized carbons (Fsp3) is 0.261. The second-order valence-electron chi connectivity index (χ2n) is 7.34. The highest BCUT2D eigenvalue weighted by molar-refractivity contribution is 5.80. The molecule has 0 radical (unpaired) electrons. The van der Waals surface area contributed by atoms with Gasteiger partial charge >= 0.3 is 0 Å². The normalized spacial score (nSPS) is 11.0. The number of aromatic amines is 1. The molecule has 2 heterocycles. The Balaban J connectivity index is 1.64. The Labute approximate surface area is 174 Å². The first-order valence-corrected chi connectivity index (χ1v) is 10.1. The van der Waals surface area contributed by atoms with Crippen molar-refractivity contribution in [1.29, 1.82) is 0 Å². The highest BCUT2D eigenvalue weighted by Crippen LogP contribution is 2.29. The van der Waals surface area contributed by atoms with Crippen molar-refractivity contribution in [2.24, 2.45) is 0 Å². The number of aryl methyl sites for hydroxylation is 2. The van der Waals surface area contributed by atoms with Gasteiger partial charge in [0, 0.05) is 23.7 Å². The lowest BCUT2D eigenvalue weighted by Crippen LogP contribution is -2.27. The fourth-order valence-corrected chi connectivity index (χ4v) is 3.51. The number of nitrogens with one attached hydrogen (secondary N) is 1. The summed E-state index contributed by atoms with van der Waals surface area (Å²) in [6.45, 7) is 4.47. The van der Waals surface area contributed by atoms with E-state index < -0.39 is 0 Å². The quantitative estimate of drug-likeness (QED) is 0.510. The summed E-state index contributed by atoms with van der Waals surface area (Å²) < 4.78 is 1.80. The third-order valence-corrected chi connectivity index (χ3v) is 5.19. The van der Waals surface area contributed by atoms with Crippen LogP contribution in [0.4, 0.5) is 0 Å². The monoisotopic (exact) mass is 400 g/mol. The van der Waals surface area contributed by atoms with Crippen LogP contribution in [0.3, 0.4) is 0 Å². The summed E-state index contributed by atoms with van der Waals surface area (Å²) in [5.41, 5.74) is 4.80. The molecule has 0 bridgehead atoms. The Hall–Kier alpha value is -3.61. The largest absolute Gasteiger partial charge is 0.292 e. The van der Waals surface area contributed by atoms with Crippen LogP contribution >= 0.6 is 0 Å². The summed E-state index contributed by atoms with van der Waals surface area (Å²) in [7, 11) is 0. The van der Waals surface area contributed by atoms with Gasteiger partial charge in [-0.3, -0.25) is 9.36 Å². The first-order valence-electron chi connectivity index (χ1n) is 10.1. The van der Waals surface area contributed by atoms with Crippen LogP contribution in [0.2, 0.25) is 0 Å². The summed E-state index contributed by atoms with van der Waals surface area (Å²) >= 11 is 0. The van der Waals surface area contributed by atoms with E-state index >= 15 is 0 Å². The number of hydrogen-bond donors (Lipinski definition) is 1. The fourth-order valence-electron chi connectivity index (χ4n) is 3.51. The number of rotatable bonds is 7. The third-order valence-electron chi connectivity index (χ3n) is 5.19. The maximum absolute atomic E-state index is 12.7. The zero-order chi connectivity index (χ0) is 20.9. The minimum atomic E-state index is 0.0309. The molecule has 0 unspecified atom stereocenters. The van der Waals surface area contributed by atoms with Crippen molar-refractivity contribution >= 4 is 0 Å². The minimum absolute atomic E-state index is 0.0309. The molecule has 0 atom stereocenters. The number of aromatic nitrogens is 6. The van der Waals surface area contributed by atoms with E-state index in [0.717, 1.165) is 47.3 Å². The molecule has 0 spiro atoms. The molecule has 4 aromatic rings. The van der Waals surface area contributed by atoms with Crippen molar-refractivity contribution in [3.05, 3.63) is 82.0 Å². The van der Waals surface area contributed by atoms with Crippen LogP contribution in [0.5, 0.6) is 0 Å². The molecule has 7 nitrogen and oxygen atoms in total. The predicted molar refractivity (Wildman–Crippen MR) is 116 cm³/mol. The van der Waals surface area contributed by atoms with E-state index in [2.05, 4.69) is 56.8 Å². The Morgan fingerprint density at radius 2 is 1.80 bits per heavy atom. The van der Waals surface area contributed by atoms with Crippen LogP contribution in [0.15, 0.2) is 59.5 Å². The molecule has 4 rings (SSSR count). The van der Waals surface area contributed by atoms with Gasteiger partial charge in [0.05, 0.1) is 6.54 Å². The molecule has 0 saturated carbocycles. The van der Waals surface area contributed by atoms with Gasteiger partial charge in [-0.2, -0.15) is 0 Å². The van der Waals surface area contributed by atoms with Crippen molar-refractivity contribution in [3.8, 4) is 22.5 Å². The van der Waals surface area contributed by atoms with E-state index in [-0.39, 0.29) is 5.56 Å². The number of tetrazole rings is 1. The van der Waals surface area contributed by atoms with Gasteiger partial charge < -0.3 is 0 Å². The van der Waals surface area contributed by atoms with E-state index in [1.54, 1.807) is 10.8 Å². The van der Waals surface area contributed by atoms with E-state index in [1.807, 2.05) is 31.2 Å². The molecular weight excluding hydrogens is 376 g/mol. The molecule has 7 heteroatoms.